The number of halogens is 2. The fraction of sp³-hybridized carbons (Fsp3) is 0.273. The Kier molecular flexibility index (Phi) is 8.32. The Morgan fingerprint density at radius 3 is 2.62 bits per heavy atom. The molecule has 5 nitrogen and oxygen atoms in total. The molecule has 0 aromatic heterocycles. The van der Waals surface area contributed by atoms with Crippen molar-refractivity contribution in [3.8, 4) is 11.8 Å². The van der Waals surface area contributed by atoms with Gasteiger partial charge in [0.25, 0.3) is 5.91 Å². The van der Waals surface area contributed by atoms with Gasteiger partial charge in [0, 0.05) is 13.2 Å². The lowest BCUT2D eigenvalue weighted by Crippen LogP contribution is -2.32. The highest BCUT2D eigenvalue weighted by Gasteiger charge is 2.18. The lowest BCUT2D eigenvalue weighted by molar-refractivity contribution is -0.117. The molecule has 1 heterocycles. The summed E-state index contributed by atoms with van der Waals surface area (Å²) in [7, 11) is 0. The summed E-state index contributed by atoms with van der Waals surface area (Å²) in [6, 6.07) is 15.8. The highest BCUT2D eigenvalue weighted by Crippen LogP contribution is 2.30. The molecular weight excluding hydrogens is 594 g/mol. The Bertz CT molecular complexity index is 910. The number of nitrogens with one attached hydrogen (secondary N) is 1. The Morgan fingerprint density at radius 2 is 2.00 bits per heavy atom. The molecule has 1 saturated heterocycles. The first-order valence-electron chi connectivity index (χ1n) is 9.24. The summed E-state index contributed by atoms with van der Waals surface area (Å²) in [4.78, 5) is 12.3. The summed E-state index contributed by atoms with van der Waals surface area (Å²) in [6.07, 6.45) is 3.60. The smallest absolute Gasteiger partial charge is 0.262 e. The van der Waals surface area contributed by atoms with E-state index in [1.165, 1.54) is 0 Å². The zero-order chi connectivity index (χ0) is 20.6. The molecule has 0 bridgehead atoms. The van der Waals surface area contributed by atoms with Gasteiger partial charge in [-0.3, -0.25) is 4.79 Å². The molecule has 0 unspecified atom stereocenters. The van der Waals surface area contributed by atoms with Crippen LogP contribution < -0.4 is 10.1 Å². The molecule has 1 aliphatic rings. The average molecular weight is 614 g/mol. The van der Waals surface area contributed by atoms with Crippen molar-refractivity contribution in [1.82, 2.24) is 5.32 Å². The Morgan fingerprint density at radius 1 is 1.28 bits per heavy atom. The van der Waals surface area contributed by atoms with Crippen LogP contribution in [0.25, 0.3) is 6.08 Å². The largest absolute Gasteiger partial charge is 0.487 e. The van der Waals surface area contributed by atoms with Crippen molar-refractivity contribution in [1.29, 1.82) is 5.26 Å². The maximum absolute atomic E-state index is 12.3. The fourth-order valence-corrected chi connectivity index (χ4v) is 5.08. The van der Waals surface area contributed by atoms with Crippen LogP contribution in [0.4, 0.5) is 0 Å². The molecule has 1 aliphatic heterocycles. The molecule has 1 atom stereocenters. The zero-order valence-electron chi connectivity index (χ0n) is 15.7. The van der Waals surface area contributed by atoms with Gasteiger partial charge in [-0.25, -0.2) is 0 Å². The molecule has 0 aliphatic carbocycles. The van der Waals surface area contributed by atoms with Crippen LogP contribution >= 0.6 is 45.2 Å². The van der Waals surface area contributed by atoms with Crippen molar-refractivity contribution in [2.45, 2.75) is 25.6 Å². The molecule has 0 saturated carbocycles. The van der Waals surface area contributed by atoms with E-state index in [1.54, 1.807) is 6.08 Å². The third kappa shape index (κ3) is 6.42. The van der Waals surface area contributed by atoms with Crippen LogP contribution in [0.5, 0.6) is 5.75 Å². The number of nitrogens with zero attached hydrogens (tertiary/aromatic N) is 1. The van der Waals surface area contributed by atoms with Crippen molar-refractivity contribution in [2.24, 2.45) is 0 Å². The van der Waals surface area contributed by atoms with Crippen molar-refractivity contribution >= 4 is 57.2 Å². The van der Waals surface area contributed by atoms with Crippen LogP contribution in [0.15, 0.2) is 48.0 Å². The van der Waals surface area contributed by atoms with Crippen LogP contribution in [0.3, 0.4) is 0 Å². The number of ether oxygens (including phenoxy) is 2. The van der Waals surface area contributed by atoms with Gasteiger partial charge < -0.3 is 14.8 Å². The van der Waals surface area contributed by atoms with Gasteiger partial charge in [-0.15, -0.1) is 0 Å². The molecule has 7 heteroatoms. The number of hydrogen-bond donors (Lipinski definition) is 1. The molecular formula is C22H20I2N2O3. The Hall–Kier alpha value is -1.64. The highest BCUT2D eigenvalue weighted by atomic mass is 127. The quantitative estimate of drug-likeness (QED) is 0.280. The van der Waals surface area contributed by atoms with Crippen molar-refractivity contribution in [3.05, 3.63) is 66.3 Å². The van der Waals surface area contributed by atoms with Crippen LogP contribution in [-0.4, -0.2) is 25.2 Å². The monoisotopic (exact) mass is 614 g/mol. The van der Waals surface area contributed by atoms with Crippen LogP contribution in [0, 0.1) is 18.5 Å². The first kappa shape index (κ1) is 22.1. The van der Waals surface area contributed by atoms with Gasteiger partial charge in [-0.2, -0.15) is 5.26 Å². The van der Waals surface area contributed by atoms with Crippen LogP contribution in [0.2, 0.25) is 0 Å². The summed E-state index contributed by atoms with van der Waals surface area (Å²) < 4.78 is 13.3. The normalized spacial score (nSPS) is 16.3. The summed E-state index contributed by atoms with van der Waals surface area (Å²) in [5.41, 5.74) is 1.96. The van der Waals surface area contributed by atoms with Gasteiger partial charge >= 0.3 is 0 Å². The number of rotatable bonds is 7. The van der Waals surface area contributed by atoms with Gasteiger partial charge in [0.05, 0.1) is 13.2 Å². The molecule has 1 amide bonds. The minimum Gasteiger partial charge on any atom is -0.487 e. The van der Waals surface area contributed by atoms with E-state index in [0.717, 1.165) is 43.5 Å². The van der Waals surface area contributed by atoms with Gasteiger partial charge in [0.15, 0.2) is 0 Å². The minimum atomic E-state index is -0.377. The number of carbonyl (C=O) groups excluding carboxylic acids is 1. The first-order valence-corrected chi connectivity index (χ1v) is 11.4. The molecule has 0 radical (unpaired) electrons. The second kappa shape index (κ2) is 10.9. The molecule has 2 aromatic carbocycles. The van der Waals surface area contributed by atoms with E-state index in [2.05, 4.69) is 50.5 Å². The fourth-order valence-electron chi connectivity index (χ4n) is 2.95. The maximum Gasteiger partial charge on any atom is 0.262 e. The van der Waals surface area contributed by atoms with E-state index in [4.69, 9.17) is 9.47 Å². The summed E-state index contributed by atoms with van der Waals surface area (Å²) in [6.45, 7) is 1.65. The Balaban J connectivity index is 1.68. The standard InChI is InChI=1S/C22H20I2N2O3/c23-19-10-16(9-17(12-25)22(27)26-13-18-7-4-8-28-18)11-20(24)21(19)29-14-15-5-2-1-3-6-15/h1-3,5-6,9-11,18H,4,7-8,13-14H2,(H,26,27)/b17-9+/t18-/m0/s1. The van der Waals surface area contributed by atoms with Crippen LogP contribution in [-0.2, 0) is 16.1 Å². The predicted molar refractivity (Wildman–Crippen MR) is 128 cm³/mol. The molecule has 150 valence electrons. The molecule has 1 fully saturated rings. The average Bonchev–Trinajstić information content (AvgIpc) is 3.24. The van der Waals surface area contributed by atoms with Crippen LogP contribution in [0.1, 0.15) is 24.0 Å². The van der Waals surface area contributed by atoms with E-state index in [9.17, 15) is 10.1 Å². The molecule has 1 N–H and O–H groups in total. The second-order valence-electron chi connectivity index (χ2n) is 6.60. The zero-order valence-corrected chi connectivity index (χ0v) is 20.0. The van der Waals surface area contributed by atoms with E-state index in [-0.39, 0.29) is 17.6 Å². The van der Waals surface area contributed by atoms with E-state index < -0.39 is 0 Å². The number of nitriles is 1. The third-order valence-electron chi connectivity index (χ3n) is 4.44. The topological polar surface area (TPSA) is 71.3 Å². The molecule has 29 heavy (non-hydrogen) atoms. The number of hydrogen-bond acceptors (Lipinski definition) is 4. The number of amides is 1. The first-order chi connectivity index (χ1) is 14.1. The summed E-state index contributed by atoms with van der Waals surface area (Å²) >= 11 is 4.43. The van der Waals surface area contributed by atoms with Gasteiger partial charge in [-0.1, -0.05) is 30.3 Å². The summed E-state index contributed by atoms with van der Waals surface area (Å²) in [5, 5.41) is 12.2. The lowest BCUT2D eigenvalue weighted by Gasteiger charge is -2.12. The van der Waals surface area contributed by atoms with E-state index in [0.29, 0.717) is 13.2 Å². The number of carbonyl (C=O) groups is 1. The third-order valence-corrected chi connectivity index (χ3v) is 6.04. The van der Waals surface area contributed by atoms with Crippen molar-refractivity contribution in [3.63, 3.8) is 0 Å². The number of benzene rings is 2. The highest BCUT2D eigenvalue weighted by molar-refractivity contribution is 14.1. The van der Waals surface area contributed by atoms with Gasteiger partial charge in [-0.05, 0) is 87.4 Å². The Labute approximate surface area is 197 Å². The molecule has 0 spiro atoms. The van der Waals surface area contributed by atoms with Gasteiger partial charge in [0.2, 0.25) is 0 Å². The molecule has 2 aromatic rings. The second-order valence-corrected chi connectivity index (χ2v) is 8.93. The van der Waals surface area contributed by atoms with Crippen molar-refractivity contribution < 1.29 is 14.3 Å². The van der Waals surface area contributed by atoms with E-state index >= 15 is 0 Å². The lowest BCUT2D eigenvalue weighted by atomic mass is 10.1. The van der Waals surface area contributed by atoms with Gasteiger partial charge in [0.1, 0.15) is 24.0 Å². The maximum atomic E-state index is 12.3. The van der Waals surface area contributed by atoms with E-state index in [1.807, 2.05) is 48.5 Å². The predicted octanol–water partition coefficient (Wildman–Crippen LogP) is 4.68. The SMILES string of the molecule is N#C/C(=C\c1cc(I)c(OCc2ccccc2)c(I)c1)C(=O)NC[C@@H]1CCCO1. The van der Waals surface area contributed by atoms with Crippen molar-refractivity contribution in [2.75, 3.05) is 13.2 Å². The minimum absolute atomic E-state index is 0.0434. The summed E-state index contributed by atoms with van der Waals surface area (Å²) in [5.74, 6) is 0.422. The molecule has 3 rings (SSSR count).